The van der Waals surface area contributed by atoms with E-state index >= 15 is 0 Å². The molecule has 0 fully saturated rings. The summed E-state index contributed by atoms with van der Waals surface area (Å²) in [4.78, 5) is 30.5. The van der Waals surface area contributed by atoms with Gasteiger partial charge in [0.15, 0.2) is 0 Å². The molecule has 0 bridgehead atoms. The molecule has 0 atom stereocenters. The number of aliphatic hydroxyl groups excluding tert-OH is 1. The maximum absolute atomic E-state index is 11.3. The molecule has 0 saturated carbocycles. The largest absolute Gasteiger partial charge is 1.00 e. The molecule has 1 N–H and O–H groups in total. The van der Waals surface area contributed by atoms with Gasteiger partial charge in [-0.15, -0.1) is 0 Å². The van der Waals surface area contributed by atoms with Crippen LogP contribution in [0.2, 0.25) is 0 Å². The summed E-state index contributed by atoms with van der Waals surface area (Å²) in [5.41, 5.74) is 1.33. The van der Waals surface area contributed by atoms with E-state index in [4.69, 9.17) is 0 Å². The molecule has 1 aromatic rings. The first-order valence-electron chi connectivity index (χ1n) is 5.38. The number of ether oxygens (including phenoxy) is 1. The zero-order valence-electron chi connectivity index (χ0n) is 12.4. The predicted molar refractivity (Wildman–Crippen MR) is 64.9 cm³/mol. The number of aromatic nitrogens is 2. The number of aliphatic hydroxyl groups is 1. The molecule has 0 aromatic carbocycles. The van der Waals surface area contributed by atoms with Crippen LogP contribution in [0.3, 0.4) is 0 Å². The number of hydrogen-bond donors (Lipinski definition) is 1. The van der Waals surface area contributed by atoms with Crippen molar-refractivity contribution in [2.45, 2.75) is 20.8 Å². The molecule has 98 valence electrons. The van der Waals surface area contributed by atoms with E-state index in [1.807, 2.05) is 0 Å². The molecule has 1 aromatic heterocycles. The number of ketones is 1. The van der Waals surface area contributed by atoms with Crippen molar-refractivity contribution in [2.24, 2.45) is 0 Å². The second-order valence-electron chi connectivity index (χ2n) is 3.56. The monoisotopic (exact) mass is 258 g/mol. The van der Waals surface area contributed by atoms with Crippen molar-refractivity contribution < 1.29 is 39.7 Å². The quantitative estimate of drug-likeness (QED) is 0.226. The average Bonchev–Trinajstić information content (AvgIpc) is 2.28. The van der Waals surface area contributed by atoms with Crippen LogP contribution < -0.4 is 18.9 Å². The molecule has 1 rings (SSSR count). The number of carbonyl (C=O) groups is 2. The fourth-order valence-corrected chi connectivity index (χ4v) is 1.30. The van der Waals surface area contributed by atoms with Crippen molar-refractivity contribution in [1.29, 1.82) is 0 Å². The summed E-state index contributed by atoms with van der Waals surface area (Å²) in [6, 6.07) is 0. The molecule has 0 aliphatic heterocycles. The zero-order valence-corrected chi connectivity index (χ0v) is 11.4. The van der Waals surface area contributed by atoms with Crippen LogP contribution in [0.4, 0.5) is 0 Å². The average molecular weight is 258 g/mol. The van der Waals surface area contributed by atoms with Gasteiger partial charge in [-0.1, -0.05) is 0 Å². The molecule has 19 heavy (non-hydrogen) atoms. The Morgan fingerprint density at radius 1 is 1.47 bits per heavy atom. The molecule has 6 nitrogen and oxygen atoms in total. The van der Waals surface area contributed by atoms with E-state index < -0.39 is 17.5 Å². The Morgan fingerprint density at radius 3 is 2.63 bits per heavy atom. The van der Waals surface area contributed by atoms with Crippen molar-refractivity contribution in [3.63, 3.8) is 0 Å². The number of hydrogen-bond acceptors (Lipinski definition) is 6. The molecule has 1 heterocycles. The van der Waals surface area contributed by atoms with Gasteiger partial charge in [-0.25, -0.2) is 9.78 Å². The minimum Gasteiger partial charge on any atom is -1.00 e. The third-order valence-electron chi connectivity index (χ3n) is 2.05. The van der Waals surface area contributed by atoms with Gasteiger partial charge in [-0.3, -0.25) is 9.78 Å². The number of rotatable bonds is 4. The Balaban J connectivity index is 0. The van der Waals surface area contributed by atoms with E-state index in [-0.39, 0.29) is 32.6 Å². The third kappa shape index (κ3) is 4.85. The van der Waals surface area contributed by atoms with E-state index in [1.165, 1.54) is 6.20 Å². The normalized spacial score (nSPS) is 10.6. The topological polar surface area (TPSA) is 89.4 Å². The standard InChI is InChI=1S/C12H14N2O4.Li.H/c1-4-18-12(17)10(16)5-9(15)11-8(3)14-7(2)6-13-11;;/h5-6,15H,4H2,1-3H3;;/q;+1;-1. The second-order valence-corrected chi connectivity index (χ2v) is 3.56. The van der Waals surface area contributed by atoms with Gasteiger partial charge >= 0.3 is 24.8 Å². The van der Waals surface area contributed by atoms with Gasteiger partial charge in [0.2, 0.25) is 0 Å². The van der Waals surface area contributed by atoms with Crippen LogP contribution in [0.15, 0.2) is 12.3 Å². The minimum absolute atomic E-state index is 0. The van der Waals surface area contributed by atoms with Crippen LogP contribution >= 0.6 is 0 Å². The van der Waals surface area contributed by atoms with Gasteiger partial charge in [-0.2, -0.15) is 0 Å². The first-order valence-corrected chi connectivity index (χ1v) is 5.38. The molecule has 7 heteroatoms. The van der Waals surface area contributed by atoms with E-state index in [1.54, 1.807) is 20.8 Å². The number of aryl methyl sites for hydroxylation is 2. The van der Waals surface area contributed by atoms with E-state index in [0.29, 0.717) is 11.4 Å². The molecule has 0 amide bonds. The van der Waals surface area contributed by atoms with Crippen LogP contribution in [0, 0.1) is 13.8 Å². The van der Waals surface area contributed by atoms with Crippen molar-refractivity contribution >= 4 is 17.5 Å². The van der Waals surface area contributed by atoms with Gasteiger partial charge in [0, 0.05) is 12.3 Å². The molecule has 0 aliphatic rings. The van der Waals surface area contributed by atoms with Gasteiger partial charge in [0.05, 0.1) is 18.0 Å². The molecular weight excluding hydrogens is 243 g/mol. The van der Waals surface area contributed by atoms with Crippen LogP contribution in [-0.4, -0.2) is 33.4 Å². The van der Waals surface area contributed by atoms with Gasteiger partial charge in [0.25, 0.3) is 5.78 Å². The maximum Gasteiger partial charge on any atom is 1.00 e. The number of nitrogens with zero attached hydrogens (tertiary/aromatic N) is 2. The molecule has 0 radical (unpaired) electrons. The minimum atomic E-state index is -1.01. The SMILES string of the molecule is CCOC(=O)C(=O)C=C(O)c1ncc(C)nc1C.[H-].[Li+]. The Bertz CT molecular complexity index is 520. The summed E-state index contributed by atoms with van der Waals surface area (Å²) in [5, 5.41) is 9.71. The fourth-order valence-electron chi connectivity index (χ4n) is 1.30. The Labute approximate surface area is 124 Å². The fraction of sp³-hybridized carbons (Fsp3) is 0.333. The van der Waals surface area contributed by atoms with Crippen LogP contribution in [0.25, 0.3) is 5.76 Å². The Kier molecular flexibility index (Phi) is 7.05. The number of esters is 1. The van der Waals surface area contributed by atoms with Crippen molar-refractivity contribution in [3.8, 4) is 0 Å². The van der Waals surface area contributed by atoms with E-state index in [9.17, 15) is 14.7 Å². The summed E-state index contributed by atoms with van der Waals surface area (Å²) >= 11 is 0. The van der Waals surface area contributed by atoms with Crippen LogP contribution in [0.1, 0.15) is 25.4 Å². The Hall–Kier alpha value is -1.64. The maximum atomic E-state index is 11.3. The Morgan fingerprint density at radius 2 is 2.11 bits per heavy atom. The van der Waals surface area contributed by atoms with E-state index in [2.05, 4.69) is 14.7 Å². The van der Waals surface area contributed by atoms with Gasteiger partial charge in [0.1, 0.15) is 11.5 Å². The summed E-state index contributed by atoms with van der Waals surface area (Å²) < 4.78 is 4.51. The smallest absolute Gasteiger partial charge is 1.00 e. The molecule has 0 aliphatic carbocycles. The third-order valence-corrected chi connectivity index (χ3v) is 2.05. The number of carbonyl (C=O) groups excluding carboxylic acids is 2. The summed E-state index contributed by atoms with van der Waals surface area (Å²) in [7, 11) is 0. The molecule has 0 spiro atoms. The molecule has 0 saturated heterocycles. The van der Waals surface area contributed by atoms with Crippen LogP contribution in [-0.2, 0) is 14.3 Å². The first kappa shape index (κ1) is 17.4. The van der Waals surface area contributed by atoms with Crippen molar-refractivity contribution in [1.82, 2.24) is 9.97 Å². The predicted octanol–water partition coefficient (Wildman–Crippen LogP) is -1.76. The van der Waals surface area contributed by atoms with Crippen molar-refractivity contribution in [2.75, 3.05) is 6.61 Å². The molecular formula is C12H15LiN2O4. The zero-order chi connectivity index (χ0) is 13.7. The second kappa shape index (κ2) is 7.72. The van der Waals surface area contributed by atoms with Gasteiger partial charge < -0.3 is 11.3 Å². The van der Waals surface area contributed by atoms with Crippen molar-refractivity contribution in [3.05, 3.63) is 29.4 Å². The van der Waals surface area contributed by atoms with E-state index in [0.717, 1.165) is 6.08 Å². The summed E-state index contributed by atoms with van der Waals surface area (Å²) in [5.74, 6) is -2.35. The molecule has 0 unspecified atom stereocenters. The summed E-state index contributed by atoms with van der Waals surface area (Å²) in [6.07, 6.45) is 2.24. The van der Waals surface area contributed by atoms with Crippen LogP contribution in [0.5, 0.6) is 0 Å². The van der Waals surface area contributed by atoms with Gasteiger partial charge in [-0.05, 0) is 20.8 Å². The summed E-state index contributed by atoms with van der Waals surface area (Å²) in [6.45, 7) is 5.09. The first-order chi connectivity index (χ1) is 8.45.